The van der Waals surface area contributed by atoms with Crippen LogP contribution in [0.15, 0.2) is 24.3 Å². The molecule has 110 valence electrons. The highest BCUT2D eigenvalue weighted by atomic mass is 28.4. The van der Waals surface area contributed by atoms with Crippen LogP contribution >= 0.6 is 0 Å². The highest BCUT2D eigenvalue weighted by Crippen LogP contribution is 2.43. The minimum absolute atomic E-state index is 0.574. The molecule has 0 bridgehead atoms. The summed E-state index contributed by atoms with van der Waals surface area (Å²) in [5, 5.41) is 0. The van der Waals surface area contributed by atoms with Gasteiger partial charge in [-0.05, 0) is 35.7 Å². The van der Waals surface area contributed by atoms with Crippen LogP contribution in [0.3, 0.4) is 0 Å². The first kappa shape index (κ1) is 16.9. The largest absolute Gasteiger partial charge is 0.542 e. The molecule has 1 aromatic rings. The van der Waals surface area contributed by atoms with Gasteiger partial charge in [-0.3, -0.25) is 0 Å². The second kappa shape index (κ2) is 6.99. The molecule has 2 heteroatoms. The Bertz CT molecular complexity index is 470. The van der Waals surface area contributed by atoms with Crippen LogP contribution < -0.4 is 4.43 Å². The fourth-order valence-electron chi connectivity index (χ4n) is 3.34. The first-order valence-corrected chi connectivity index (χ1v) is 9.71. The molecule has 0 radical (unpaired) electrons. The highest BCUT2D eigenvalue weighted by Gasteiger charge is 2.47. The second-order valence-corrected chi connectivity index (χ2v) is 11.7. The van der Waals surface area contributed by atoms with Gasteiger partial charge < -0.3 is 4.43 Å². The molecule has 0 aliphatic rings. The highest BCUT2D eigenvalue weighted by molar-refractivity contribution is 6.78. The molecule has 0 N–H and O–H groups in total. The van der Waals surface area contributed by atoms with Gasteiger partial charge in [0.2, 0.25) is 0 Å². The lowest BCUT2D eigenvalue weighted by Gasteiger charge is -2.42. The van der Waals surface area contributed by atoms with E-state index in [1.165, 1.54) is 0 Å². The first-order valence-electron chi connectivity index (χ1n) is 7.57. The second-order valence-electron chi connectivity index (χ2n) is 6.29. The van der Waals surface area contributed by atoms with Gasteiger partial charge in [0.1, 0.15) is 5.75 Å². The molecule has 1 rings (SSSR count). The molecular weight excluding hydrogens is 260 g/mol. The maximum Gasteiger partial charge on any atom is 0.258 e. The lowest BCUT2D eigenvalue weighted by atomic mass is 10.2. The van der Waals surface area contributed by atoms with E-state index in [-0.39, 0.29) is 0 Å². The summed E-state index contributed by atoms with van der Waals surface area (Å²) < 4.78 is 6.71. The lowest BCUT2D eigenvalue weighted by Crippen LogP contribution is -2.50. The molecular formula is C18H28OSi. The Morgan fingerprint density at radius 2 is 1.40 bits per heavy atom. The third kappa shape index (κ3) is 3.27. The Hall–Kier alpha value is -1.20. The smallest absolute Gasteiger partial charge is 0.258 e. The van der Waals surface area contributed by atoms with Gasteiger partial charge in [-0.25, -0.2) is 0 Å². The standard InChI is InChI=1S/C18H28OSi/c1-8-11-17-12-9-10-13-18(17)19-20(14(2)3,15(4)5)16(6)7/h9-10,12-16H,1-7H3. The van der Waals surface area contributed by atoms with Crippen LogP contribution in [0.4, 0.5) is 0 Å². The molecule has 0 aliphatic carbocycles. The summed E-state index contributed by atoms with van der Waals surface area (Å²) in [6.45, 7) is 15.7. The summed E-state index contributed by atoms with van der Waals surface area (Å²) in [4.78, 5) is 0. The zero-order valence-electron chi connectivity index (χ0n) is 13.9. The number of benzene rings is 1. The van der Waals surface area contributed by atoms with Crippen molar-refractivity contribution in [2.75, 3.05) is 0 Å². The molecule has 0 aromatic heterocycles. The van der Waals surface area contributed by atoms with E-state index >= 15 is 0 Å². The van der Waals surface area contributed by atoms with Crippen LogP contribution in [0.2, 0.25) is 16.6 Å². The van der Waals surface area contributed by atoms with Gasteiger partial charge in [-0.1, -0.05) is 59.6 Å². The maximum atomic E-state index is 6.71. The van der Waals surface area contributed by atoms with E-state index in [1.54, 1.807) is 0 Å². The van der Waals surface area contributed by atoms with Crippen molar-refractivity contribution in [1.82, 2.24) is 0 Å². The number of hydrogen-bond acceptors (Lipinski definition) is 1. The number of para-hydroxylation sites is 1. The minimum atomic E-state index is -1.90. The molecule has 0 saturated heterocycles. The van der Waals surface area contributed by atoms with Crippen molar-refractivity contribution in [2.45, 2.75) is 65.1 Å². The van der Waals surface area contributed by atoms with Crippen molar-refractivity contribution in [3.8, 4) is 17.6 Å². The van der Waals surface area contributed by atoms with E-state index in [0.717, 1.165) is 11.3 Å². The van der Waals surface area contributed by atoms with Crippen molar-refractivity contribution < 1.29 is 4.43 Å². The third-order valence-corrected chi connectivity index (χ3v) is 10.1. The van der Waals surface area contributed by atoms with E-state index in [2.05, 4.69) is 59.4 Å². The fourth-order valence-corrected chi connectivity index (χ4v) is 8.60. The van der Waals surface area contributed by atoms with Gasteiger partial charge in [-0.2, -0.15) is 0 Å². The first-order chi connectivity index (χ1) is 9.36. The SMILES string of the molecule is CC#Cc1ccccc1O[Si](C(C)C)(C(C)C)C(C)C. The topological polar surface area (TPSA) is 9.23 Å². The maximum absolute atomic E-state index is 6.71. The van der Waals surface area contributed by atoms with Crippen LogP contribution in [-0.2, 0) is 0 Å². The molecule has 20 heavy (non-hydrogen) atoms. The Morgan fingerprint density at radius 1 is 0.900 bits per heavy atom. The third-order valence-electron chi connectivity index (χ3n) is 4.14. The zero-order valence-corrected chi connectivity index (χ0v) is 14.9. The Kier molecular flexibility index (Phi) is 5.89. The van der Waals surface area contributed by atoms with Gasteiger partial charge >= 0.3 is 0 Å². The summed E-state index contributed by atoms with van der Waals surface area (Å²) in [6, 6.07) is 8.17. The van der Waals surface area contributed by atoms with Crippen LogP contribution in [0.1, 0.15) is 54.0 Å². The molecule has 0 fully saturated rings. The van der Waals surface area contributed by atoms with Gasteiger partial charge in [0.25, 0.3) is 8.32 Å². The quantitative estimate of drug-likeness (QED) is 0.505. The zero-order chi connectivity index (χ0) is 15.3. The normalized spacial score (nSPS) is 11.7. The predicted molar refractivity (Wildman–Crippen MR) is 90.7 cm³/mol. The Balaban J connectivity index is 3.29. The Morgan fingerprint density at radius 3 is 1.85 bits per heavy atom. The van der Waals surface area contributed by atoms with Crippen molar-refractivity contribution in [3.05, 3.63) is 29.8 Å². The Labute approximate surface area is 125 Å². The predicted octanol–water partition coefficient (Wildman–Crippen LogP) is 5.61. The molecule has 0 unspecified atom stereocenters. The van der Waals surface area contributed by atoms with Gasteiger partial charge in [0.15, 0.2) is 0 Å². The van der Waals surface area contributed by atoms with Crippen molar-refractivity contribution in [3.63, 3.8) is 0 Å². The van der Waals surface area contributed by atoms with E-state index < -0.39 is 8.32 Å². The van der Waals surface area contributed by atoms with Gasteiger partial charge in [0.05, 0.1) is 5.56 Å². The van der Waals surface area contributed by atoms with Crippen LogP contribution in [0.5, 0.6) is 5.75 Å². The minimum Gasteiger partial charge on any atom is -0.542 e. The molecule has 0 saturated carbocycles. The molecule has 0 heterocycles. The summed E-state index contributed by atoms with van der Waals surface area (Å²) >= 11 is 0. The van der Waals surface area contributed by atoms with Crippen molar-refractivity contribution in [2.24, 2.45) is 0 Å². The summed E-state index contributed by atoms with van der Waals surface area (Å²) in [6.07, 6.45) is 0. The van der Waals surface area contributed by atoms with Crippen LogP contribution in [0.25, 0.3) is 0 Å². The van der Waals surface area contributed by atoms with Crippen molar-refractivity contribution >= 4 is 8.32 Å². The van der Waals surface area contributed by atoms with Gasteiger partial charge in [0, 0.05) is 0 Å². The fraction of sp³-hybridized carbons (Fsp3) is 0.556. The van der Waals surface area contributed by atoms with Crippen molar-refractivity contribution in [1.29, 1.82) is 0 Å². The van der Waals surface area contributed by atoms with E-state index in [1.807, 2.05) is 25.1 Å². The van der Waals surface area contributed by atoms with Crippen LogP contribution in [-0.4, -0.2) is 8.32 Å². The lowest BCUT2D eigenvalue weighted by molar-refractivity contribution is 0.478. The average Bonchev–Trinajstić information content (AvgIpc) is 2.36. The molecule has 0 spiro atoms. The van der Waals surface area contributed by atoms with E-state index in [9.17, 15) is 0 Å². The van der Waals surface area contributed by atoms with Gasteiger partial charge in [-0.15, -0.1) is 5.92 Å². The molecule has 0 aliphatic heterocycles. The average molecular weight is 289 g/mol. The summed E-state index contributed by atoms with van der Waals surface area (Å²) in [7, 11) is -1.90. The molecule has 1 aromatic carbocycles. The molecule has 0 amide bonds. The monoisotopic (exact) mass is 288 g/mol. The molecule has 0 atom stereocenters. The number of hydrogen-bond donors (Lipinski definition) is 0. The van der Waals surface area contributed by atoms with Crippen LogP contribution in [0, 0.1) is 11.8 Å². The summed E-state index contributed by atoms with van der Waals surface area (Å²) in [5.41, 5.74) is 2.73. The van der Waals surface area contributed by atoms with E-state index in [0.29, 0.717) is 16.6 Å². The summed E-state index contributed by atoms with van der Waals surface area (Å²) in [5.74, 6) is 7.11. The van der Waals surface area contributed by atoms with E-state index in [4.69, 9.17) is 4.43 Å². The molecule has 1 nitrogen and oxygen atoms in total. The number of rotatable bonds is 5.